The number of carboxylic acids is 1. The zero-order valence-corrected chi connectivity index (χ0v) is 9.70. The molecule has 0 fully saturated rings. The van der Waals surface area contributed by atoms with Crippen LogP contribution in [0, 0.1) is 17.7 Å². The summed E-state index contributed by atoms with van der Waals surface area (Å²) in [7, 11) is 0. The molecule has 0 atom stereocenters. The van der Waals surface area contributed by atoms with Gasteiger partial charge in [-0.05, 0) is 30.7 Å². The molecule has 0 aliphatic rings. The van der Waals surface area contributed by atoms with Gasteiger partial charge in [-0.2, -0.15) is 0 Å². The van der Waals surface area contributed by atoms with Gasteiger partial charge >= 0.3 is 11.9 Å². The van der Waals surface area contributed by atoms with E-state index in [9.17, 15) is 14.0 Å². The molecule has 5 heteroatoms. The highest BCUT2D eigenvalue weighted by Crippen LogP contribution is 2.11. The van der Waals surface area contributed by atoms with Crippen molar-refractivity contribution in [3.63, 3.8) is 0 Å². The van der Waals surface area contributed by atoms with Crippen molar-refractivity contribution in [2.24, 2.45) is 0 Å². The minimum Gasteiger partial charge on any atom is -0.481 e. The van der Waals surface area contributed by atoms with E-state index in [1.807, 2.05) is 0 Å². The summed E-state index contributed by atoms with van der Waals surface area (Å²) >= 11 is 0. The van der Waals surface area contributed by atoms with Crippen LogP contribution in [-0.2, 0) is 20.7 Å². The summed E-state index contributed by atoms with van der Waals surface area (Å²) in [5, 5.41) is 8.68. The predicted octanol–water partition coefficient (Wildman–Crippen LogP) is 1.37. The Balaban J connectivity index is 3.00. The van der Waals surface area contributed by atoms with Crippen LogP contribution in [-0.4, -0.2) is 23.7 Å². The third kappa shape index (κ3) is 4.26. The Kier molecular flexibility index (Phi) is 4.88. The first-order chi connectivity index (χ1) is 8.52. The first-order valence-electron chi connectivity index (χ1n) is 5.22. The number of hydrogen-bond acceptors (Lipinski definition) is 3. The SMILES string of the molecule is CCOC(=O)C#Cc1ccc(F)cc1CC(=O)O. The molecule has 1 rings (SSSR count). The van der Waals surface area contributed by atoms with Crippen LogP contribution in [0.5, 0.6) is 0 Å². The molecule has 4 nitrogen and oxygen atoms in total. The lowest BCUT2D eigenvalue weighted by molar-refractivity contribution is -0.137. The number of carboxylic acid groups (broad SMARTS) is 1. The minimum absolute atomic E-state index is 0.207. The molecule has 1 aromatic rings. The minimum atomic E-state index is -1.10. The summed E-state index contributed by atoms with van der Waals surface area (Å²) in [6.45, 7) is 1.85. The van der Waals surface area contributed by atoms with E-state index in [0.717, 1.165) is 12.1 Å². The molecule has 0 amide bonds. The largest absolute Gasteiger partial charge is 0.481 e. The summed E-state index contributed by atoms with van der Waals surface area (Å²) in [6.07, 6.45) is -0.357. The van der Waals surface area contributed by atoms with E-state index < -0.39 is 17.8 Å². The molecule has 0 aliphatic heterocycles. The number of aliphatic carboxylic acids is 1. The lowest BCUT2D eigenvalue weighted by atomic mass is 10.0. The molecule has 1 N–H and O–H groups in total. The lowest BCUT2D eigenvalue weighted by Crippen LogP contribution is -2.03. The van der Waals surface area contributed by atoms with Gasteiger partial charge in [-0.15, -0.1) is 0 Å². The summed E-state index contributed by atoms with van der Waals surface area (Å²) in [5.41, 5.74) is 0.520. The van der Waals surface area contributed by atoms with Crippen molar-refractivity contribution in [1.82, 2.24) is 0 Å². The highest BCUT2D eigenvalue weighted by Gasteiger charge is 2.07. The molecule has 0 radical (unpaired) electrons. The summed E-state index contributed by atoms with van der Waals surface area (Å²) in [6, 6.07) is 3.57. The number of hydrogen-bond donors (Lipinski definition) is 1. The molecule has 0 saturated carbocycles. The summed E-state index contributed by atoms with van der Waals surface area (Å²) in [5.74, 6) is 2.33. The normalized spacial score (nSPS) is 9.22. The molecule has 1 aromatic carbocycles. The topological polar surface area (TPSA) is 63.6 Å². The van der Waals surface area contributed by atoms with Gasteiger partial charge in [0.2, 0.25) is 0 Å². The standard InChI is InChI=1S/C13H11FO4/c1-2-18-13(17)6-4-9-3-5-11(14)7-10(9)8-12(15)16/h3,5,7H,2,8H2,1H3,(H,15,16). The van der Waals surface area contributed by atoms with E-state index >= 15 is 0 Å². The van der Waals surface area contributed by atoms with Crippen LogP contribution in [0.3, 0.4) is 0 Å². The van der Waals surface area contributed by atoms with E-state index in [1.165, 1.54) is 6.07 Å². The number of carbonyl (C=O) groups excluding carboxylic acids is 1. The molecule has 0 aliphatic carbocycles. The second-order valence-electron chi connectivity index (χ2n) is 3.34. The van der Waals surface area contributed by atoms with Crippen LogP contribution in [0.25, 0.3) is 0 Å². The maximum absolute atomic E-state index is 13.0. The van der Waals surface area contributed by atoms with Crippen LogP contribution >= 0.6 is 0 Å². The quantitative estimate of drug-likeness (QED) is 0.650. The third-order valence-corrected chi connectivity index (χ3v) is 1.98. The van der Waals surface area contributed by atoms with Gasteiger partial charge in [0.25, 0.3) is 0 Å². The average molecular weight is 250 g/mol. The fourth-order valence-corrected chi connectivity index (χ4v) is 1.28. The van der Waals surface area contributed by atoms with E-state index in [2.05, 4.69) is 16.6 Å². The van der Waals surface area contributed by atoms with Crippen molar-refractivity contribution in [3.05, 3.63) is 35.1 Å². The van der Waals surface area contributed by atoms with Crippen LogP contribution < -0.4 is 0 Å². The molecular weight excluding hydrogens is 239 g/mol. The van der Waals surface area contributed by atoms with Gasteiger partial charge in [0, 0.05) is 11.5 Å². The fraction of sp³-hybridized carbons (Fsp3) is 0.231. The van der Waals surface area contributed by atoms with Crippen molar-refractivity contribution in [3.8, 4) is 11.8 Å². The number of rotatable bonds is 3. The van der Waals surface area contributed by atoms with Gasteiger partial charge in [0.1, 0.15) is 5.82 Å². The van der Waals surface area contributed by atoms with Crippen molar-refractivity contribution in [2.75, 3.05) is 6.61 Å². The van der Waals surface area contributed by atoms with Crippen LogP contribution in [0.1, 0.15) is 18.1 Å². The average Bonchev–Trinajstić information content (AvgIpc) is 2.27. The van der Waals surface area contributed by atoms with E-state index in [1.54, 1.807) is 6.92 Å². The Morgan fingerprint density at radius 2 is 2.17 bits per heavy atom. The number of benzene rings is 1. The van der Waals surface area contributed by atoms with Gasteiger partial charge in [-0.3, -0.25) is 4.79 Å². The van der Waals surface area contributed by atoms with Gasteiger partial charge in [-0.1, -0.05) is 5.92 Å². The van der Waals surface area contributed by atoms with Crippen molar-refractivity contribution < 1.29 is 23.8 Å². The Morgan fingerprint density at radius 1 is 1.44 bits per heavy atom. The lowest BCUT2D eigenvalue weighted by Gasteiger charge is -2.01. The molecule has 18 heavy (non-hydrogen) atoms. The van der Waals surface area contributed by atoms with Crippen molar-refractivity contribution in [1.29, 1.82) is 0 Å². The van der Waals surface area contributed by atoms with E-state index in [0.29, 0.717) is 5.56 Å². The monoisotopic (exact) mass is 250 g/mol. The van der Waals surface area contributed by atoms with Crippen LogP contribution in [0.4, 0.5) is 4.39 Å². The Labute approximate surface area is 103 Å². The fourth-order valence-electron chi connectivity index (χ4n) is 1.28. The zero-order chi connectivity index (χ0) is 13.5. The van der Waals surface area contributed by atoms with Crippen LogP contribution in [0.15, 0.2) is 18.2 Å². The predicted molar refractivity (Wildman–Crippen MR) is 61.3 cm³/mol. The van der Waals surface area contributed by atoms with Crippen LogP contribution in [0.2, 0.25) is 0 Å². The molecule has 0 saturated heterocycles. The third-order valence-electron chi connectivity index (χ3n) is 1.98. The summed E-state index contributed by atoms with van der Waals surface area (Å²) in [4.78, 5) is 21.6. The summed E-state index contributed by atoms with van der Waals surface area (Å²) < 4.78 is 17.6. The van der Waals surface area contributed by atoms with Gasteiger partial charge in [0.05, 0.1) is 13.0 Å². The van der Waals surface area contributed by atoms with E-state index in [4.69, 9.17) is 5.11 Å². The smallest absolute Gasteiger partial charge is 0.384 e. The second-order valence-corrected chi connectivity index (χ2v) is 3.34. The maximum atomic E-state index is 13.0. The first-order valence-corrected chi connectivity index (χ1v) is 5.22. The van der Waals surface area contributed by atoms with Crippen molar-refractivity contribution >= 4 is 11.9 Å². The second kappa shape index (κ2) is 6.40. The Hall–Kier alpha value is -2.35. The van der Waals surface area contributed by atoms with Gasteiger partial charge in [0.15, 0.2) is 0 Å². The maximum Gasteiger partial charge on any atom is 0.384 e. The number of halogens is 1. The molecule has 0 bridgehead atoms. The molecule has 0 spiro atoms. The molecule has 94 valence electrons. The highest BCUT2D eigenvalue weighted by molar-refractivity contribution is 5.89. The van der Waals surface area contributed by atoms with Gasteiger partial charge in [-0.25, -0.2) is 9.18 Å². The first kappa shape index (κ1) is 13.7. The Morgan fingerprint density at radius 3 is 2.78 bits per heavy atom. The zero-order valence-electron chi connectivity index (χ0n) is 9.70. The number of carbonyl (C=O) groups is 2. The Bertz CT molecular complexity index is 526. The molecule has 0 heterocycles. The van der Waals surface area contributed by atoms with E-state index in [-0.39, 0.29) is 18.6 Å². The molecule has 0 aromatic heterocycles. The number of esters is 1. The molecule has 0 unspecified atom stereocenters. The highest BCUT2D eigenvalue weighted by atomic mass is 19.1. The molecular formula is C13H11FO4. The van der Waals surface area contributed by atoms with Gasteiger partial charge < -0.3 is 9.84 Å². The number of ether oxygens (including phenoxy) is 1. The van der Waals surface area contributed by atoms with Crippen molar-refractivity contribution in [2.45, 2.75) is 13.3 Å².